The smallest absolute Gasteiger partial charge is 0.468 e. The van der Waals surface area contributed by atoms with Gasteiger partial charge in [-0.1, -0.05) is 36.4 Å². The van der Waals surface area contributed by atoms with Crippen molar-refractivity contribution < 1.29 is 41.8 Å². The van der Waals surface area contributed by atoms with Crippen molar-refractivity contribution >= 4 is 46.9 Å². The first-order valence-corrected chi connectivity index (χ1v) is 14.1. The maximum absolute atomic E-state index is 14.0. The van der Waals surface area contributed by atoms with E-state index in [0.29, 0.717) is 4.90 Å². The second-order valence-corrected chi connectivity index (χ2v) is 10.9. The number of hydrogen-bond donors (Lipinski definition) is 0. The van der Waals surface area contributed by atoms with E-state index in [1.165, 1.54) is 30.0 Å². The molecule has 0 bridgehead atoms. The van der Waals surface area contributed by atoms with Gasteiger partial charge in [0.15, 0.2) is 0 Å². The summed E-state index contributed by atoms with van der Waals surface area (Å²) in [6.45, 7) is 0.865. The predicted octanol–water partition coefficient (Wildman–Crippen LogP) is 3.86. The lowest BCUT2D eigenvalue weighted by Gasteiger charge is -2.37. The molecule has 1 aliphatic heterocycles. The molecule has 3 atom stereocenters. The Morgan fingerprint density at radius 2 is 1.87 bits per heavy atom. The van der Waals surface area contributed by atoms with Crippen LogP contribution in [-0.2, 0) is 35.1 Å². The van der Waals surface area contributed by atoms with Gasteiger partial charge in [0.1, 0.15) is 18.6 Å². The van der Waals surface area contributed by atoms with Crippen LogP contribution in [0.1, 0.15) is 29.0 Å². The molecule has 3 rings (SSSR count). The molecule has 8 nitrogen and oxygen atoms in total. The molecule has 2 heterocycles. The third kappa shape index (κ3) is 7.98. The Labute approximate surface area is 232 Å². The van der Waals surface area contributed by atoms with E-state index in [0.717, 1.165) is 22.5 Å². The van der Waals surface area contributed by atoms with Crippen molar-refractivity contribution in [3.63, 3.8) is 0 Å². The molecule has 39 heavy (non-hydrogen) atoms. The summed E-state index contributed by atoms with van der Waals surface area (Å²) >= 11 is 2.59. The number of thioether (sulfide) groups is 1. The third-order valence-electron chi connectivity index (χ3n) is 6.10. The molecular weight excluding hydrogens is 557 g/mol. The van der Waals surface area contributed by atoms with Crippen LogP contribution in [0.25, 0.3) is 0 Å². The first kappa shape index (κ1) is 30.5. The number of halogens is 3. The minimum atomic E-state index is -5.37. The zero-order valence-electron chi connectivity index (χ0n) is 21.4. The number of rotatable bonds is 10. The van der Waals surface area contributed by atoms with Crippen LogP contribution in [0, 0.1) is 0 Å². The van der Waals surface area contributed by atoms with Gasteiger partial charge in [0, 0.05) is 17.2 Å². The van der Waals surface area contributed by atoms with Gasteiger partial charge in [0.05, 0.1) is 19.0 Å². The summed E-state index contributed by atoms with van der Waals surface area (Å²) in [6, 6.07) is 9.01. The Morgan fingerprint density at radius 3 is 2.46 bits per heavy atom. The number of nitrogens with zero attached hydrogens (tertiary/aromatic N) is 2. The minimum absolute atomic E-state index is 0.0117. The van der Waals surface area contributed by atoms with Crippen LogP contribution < -0.4 is 0 Å². The number of alkyl halides is 3. The fourth-order valence-electron chi connectivity index (χ4n) is 4.24. The van der Waals surface area contributed by atoms with Gasteiger partial charge in [-0.25, -0.2) is 4.79 Å². The molecule has 212 valence electrons. The van der Waals surface area contributed by atoms with Gasteiger partial charge in [-0.05, 0) is 36.8 Å². The van der Waals surface area contributed by atoms with E-state index >= 15 is 0 Å². The standard InChI is InChI=1S/C26H29F3N2O6S2/c1-3-37-24(34)18(12-11-17-8-5-4-6-9-17)31(25(35)26(27,28)29)19-16-39-21(20-10-7-13-38-20)14-30(23(19)33)15-22(32)36-2/h4-10,13,18-19,21H,3,11-12,14-16H2,1-2H3/t18-,19-,21-/m0/s1. The van der Waals surface area contributed by atoms with Gasteiger partial charge in [-0.15, -0.1) is 23.1 Å². The van der Waals surface area contributed by atoms with E-state index in [-0.39, 0.29) is 37.0 Å². The number of methoxy groups -OCH3 is 1. The summed E-state index contributed by atoms with van der Waals surface area (Å²) in [5.41, 5.74) is 0.734. The molecule has 2 aromatic rings. The summed E-state index contributed by atoms with van der Waals surface area (Å²) in [5.74, 6) is -5.22. The number of aryl methyl sites for hydroxylation is 1. The molecule has 0 radical (unpaired) electrons. The third-order valence-corrected chi connectivity index (χ3v) is 8.55. The Balaban J connectivity index is 2.05. The average molecular weight is 587 g/mol. The van der Waals surface area contributed by atoms with Gasteiger partial charge in [-0.2, -0.15) is 13.2 Å². The molecule has 13 heteroatoms. The molecule has 0 spiro atoms. The van der Waals surface area contributed by atoms with Gasteiger partial charge in [0.25, 0.3) is 0 Å². The van der Waals surface area contributed by atoms with E-state index in [1.54, 1.807) is 36.4 Å². The number of ether oxygens (including phenoxy) is 2. The predicted molar refractivity (Wildman–Crippen MR) is 140 cm³/mol. The van der Waals surface area contributed by atoms with Crippen molar-refractivity contribution in [1.82, 2.24) is 9.80 Å². The summed E-state index contributed by atoms with van der Waals surface area (Å²) in [6.07, 6.45) is -5.41. The number of esters is 2. The van der Waals surface area contributed by atoms with Crippen LogP contribution in [0.15, 0.2) is 47.8 Å². The minimum Gasteiger partial charge on any atom is -0.468 e. The zero-order valence-corrected chi connectivity index (χ0v) is 23.0. The van der Waals surface area contributed by atoms with Crippen LogP contribution >= 0.6 is 23.1 Å². The van der Waals surface area contributed by atoms with E-state index in [4.69, 9.17) is 9.47 Å². The van der Waals surface area contributed by atoms with E-state index in [2.05, 4.69) is 0 Å². The lowest BCUT2D eigenvalue weighted by atomic mass is 10.0. The maximum atomic E-state index is 14.0. The molecule has 1 fully saturated rings. The van der Waals surface area contributed by atoms with Crippen LogP contribution in [0.4, 0.5) is 13.2 Å². The second kappa shape index (κ2) is 13.8. The highest BCUT2D eigenvalue weighted by Gasteiger charge is 2.52. The fraction of sp³-hybridized carbons (Fsp3) is 0.462. The monoisotopic (exact) mass is 586 g/mol. The lowest BCUT2D eigenvalue weighted by Crippen LogP contribution is -2.61. The number of hydrogen-bond acceptors (Lipinski definition) is 8. The first-order valence-electron chi connectivity index (χ1n) is 12.2. The highest BCUT2D eigenvalue weighted by atomic mass is 32.2. The Bertz CT molecular complexity index is 1130. The number of carbonyl (C=O) groups is 4. The highest BCUT2D eigenvalue weighted by molar-refractivity contribution is 7.99. The molecule has 0 unspecified atom stereocenters. The largest absolute Gasteiger partial charge is 0.471 e. The molecule has 1 aromatic heterocycles. The Hall–Kier alpha value is -3.06. The van der Waals surface area contributed by atoms with Gasteiger partial charge >= 0.3 is 24.0 Å². The molecule has 0 N–H and O–H groups in total. The van der Waals surface area contributed by atoms with Crippen LogP contribution in [0.3, 0.4) is 0 Å². The van der Waals surface area contributed by atoms with Crippen molar-refractivity contribution in [2.24, 2.45) is 0 Å². The summed E-state index contributed by atoms with van der Waals surface area (Å²) in [5, 5.41) is 1.46. The average Bonchev–Trinajstić information content (AvgIpc) is 3.40. The topological polar surface area (TPSA) is 93.2 Å². The van der Waals surface area contributed by atoms with Crippen LogP contribution in [-0.4, -0.2) is 84.4 Å². The normalized spacial score (nSPS) is 18.7. The van der Waals surface area contributed by atoms with Crippen molar-refractivity contribution in [2.45, 2.75) is 43.3 Å². The number of amides is 2. The van der Waals surface area contributed by atoms with Gasteiger partial charge in [0.2, 0.25) is 5.91 Å². The molecule has 0 saturated carbocycles. The molecule has 2 amide bonds. The van der Waals surface area contributed by atoms with Gasteiger partial charge in [-0.3, -0.25) is 14.4 Å². The number of thiophene rings is 1. The molecular formula is C26H29F3N2O6S2. The Kier molecular flexibility index (Phi) is 10.8. The van der Waals surface area contributed by atoms with Crippen LogP contribution in [0.5, 0.6) is 0 Å². The van der Waals surface area contributed by atoms with E-state index in [9.17, 15) is 32.3 Å². The molecule has 0 aliphatic carbocycles. The summed E-state index contributed by atoms with van der Waals surface area (Å²) in [4.78, 5) is 54.1. The SMILES string of the molecule is CCOC(=O)[C@H](CCc1ccccc1)N(C(=O)C(F)(F)F)[C@H]1CS[C@H](c2cccs2)CN(CC(=O)OC)C1=O. The molecule has 1 aliphatic rings. The second-order valence-electron chi connectivity index (χ2n) is 8.65. The first-order chi connectivity index (χ1) is 18.6. The van der Waals surface area contributed by atoms with Crippen molar-refractivity contribution in [1.29, 1.82) is 0 Å². The van der Waals surface area contributed by atoms with Crippen molar-refractivity contribution in [3.05, 3.63) is 58.3 Å². The Morgan fingerprint density at radius 1 is 1.15 bits per heavy atom. The summed E-state index contributed by atoms with van der Waals surface area (Å²) < 4.78 is 51.7. The quantitative estimate of drug-likeness (QED) is 0.391. The molecule has 1 saturated heterocycles. The number of carbonyl (C=O) groups excluding carboxylic acids is 4. The lowest BCUT2D eigenvalue weighted by molar-refractivity contribution is -0.194. The van der Waals surface area contributed by atoms with E-state index in [1.807, 2.05) is 11.4 Å². The van der Waals surface area contributed by atoms with Gasteiger partial charge < -0.3 is 19.3 Å². The van der Waals surface area contributed by atoms with Crippen molar-refractivity contribution in [3.8, 4) is 0 Å². The maximum Gasteiger partial charge on any atom is 0.471 e. The number of benzene rings is 1. The molecule has 1 aromatic carbocycles. The van der Waals surface area contributed by atoms with Crippen LogP contribution in [0.2, 0.25) is 0 Å². The summed E-state index contributed by atoms with van der Waals surface area (Å²) in [7, 11) is 1.13. The van der Waals surface area contributed by atoms with Crippen molar-refractivity contribution in [2.75, 3.05) is 32.6 Å². The highest BCUT2D eigenvalue weighted by Crippen LogP contribution is 2.38. The van der Waals surface area contributed by atoms with E-state index < -0.39 is 48.6 Å². The fourth-order valence-corrected chi connectivity index (χ4v) is 6.56. The zero-order chi connectivity index (χ0) is 28.6.